The Labute approximate surface area is 150 Å². The number of halogens is 1. The van der Waals surface area contributed by atoms with Gasteiger partial charge in [-0.05, 0) is 42.0 Å². The molecule has 0 saturated heterocycles. The Kier molecular flexibility index (Phi) is 4.72. The molecule has 6 nitrogen and oxygen atoms in total. The monoisotopic (exact) mass is 356 g/mol. The first-order valence-electron chi connectivity index (χ1n) is 7.71. The van der Waals surface area contributed by atoms with Gasteiger partial charge in [0.1, 0.15) is 0 Å². The van der Waals surface area contributed by atoms with Crippen molar-refractivity contribution >= 4 is 35.1 Å². The number of benzene rings is 2. The second-order valence-electron chi connectivity index (χ2n) is 5.75. The quantitative estimate of drug-likeness (QED) is 0.886. The number of guanidine groups is 1. The van der Waals surface area contributed by atoms with Crippen molar-refractivity contribution in [2.24, 2.45) is 10.7 Å². The van der Waals surface area contributed by atoms with Crippen LogP contribution in [0.15, 0.2) is 53.5 Å². The highest BCUT2D eigenvalue weighted by Gasteiger charge is 2.25. The van der Waals surface area contributed by atoms with Crippen molar-refractivity contribution < 1.29 is 9.59 Å². The molecule has 0 spiro atoms. The minimum Gasteiger partial charge on any atom is -0.369 e. The number of aliphatic imine (C=N–C) groups is 1. The number of nitrogens with one attached hydrogen (secondary N) is 1. The average molecular weight is 357 g/mol. The molecule has 2 aromatic carbocycles. The van der Waals surface area contributed by atoms with E-state index in [9.17, 15) is 9.59 Å². The number of carbonyl (C=O) groups is 2. The van der Waals surface area contributed by atoms with E-state index >= 15 is 0 Å². The van der Waals surface area contributed by atoms with E-state index in [1.165, 1.54) is 4.90 Å². The van der Waals surface area contributed by atoms with E-state index in [-0.39, 0.29) is 30.2 Å². The first-order valence-corrected chi connectivity index (χ1v) is 8.08. The zero-order chi connectivity index (χ0) is 18.0. The van der Waals surface area contributed by atoms with Crippen molar-refractivity contribution in [1.82, 2.24) is 4.90 Å². The van der Waals surface area contributed by atoms with Gasteiger partial charge >= 0.3 is 0 Å². The minimum absolute atomic E-state index is 0.0897. The highest BCUT2D eigenvalue weighted by atomic mass is 35.5. The van der Waals surface area contributed by atoms with E-state index in [0.717, 1.165) is 5.56 Å². The van der Waals surface area contributed by atoms with Crippen LogP contribution in [0.2, 0.25) is 5.02 Å². The maximum atomic E-state index is 12.3. The molecule has 0 aromatic heterocycles. The lowest BCUT2D eigenvalue weighted by Gasteiger charge is -2.25. The van der Waals surface area contributed by atoms with E-state index in [4.69, 9.17) is 17.3 Å². The molecule has 3 rings (SSSR count). The molecule has 0 radical (unpaired) electrons. The second-order valence-corrected chi connectivity index (χ2v) is 6.18. The second kappa shape index (κ2) is 6.94. The van der Waals surface area contributed by atoms with Crippen LogP contribution in [0, 0.1) is 0 Å². The summed E-state index contributed by atoms with van der Waals surface area (Å²) in [7, 11) is 1.60. The predicted octanol–water partition coefficient (Wildman–Crippen LogP) is 2.81. The van der Waals surface area contributed by atoms with Crippen LogP contribution in [0.4, 0.5) is 5.69 Å². The van der Waals surface area contributed by atoms with E-state index in [1.807, 2.05) is 6.07 Å². The summed E-state index contributed by atoms with van der Waals surface area (Å²) in [6, 6.07) is 13.5. The smallest absolute Gasteiger partial charge is 0.255 e. The number of amides is 2. The maximum Gasteiger partial charge on any atom is 0.255 e. The van der Waals surface area contributed by atoms with E-state index < -0.39 is 0 Å². The number of nitrogens with two attached hydrogens (primary N) is 1. The molecule has 1 aliphatic rings. The van der Waals surface area contributed by atoms with Gasteiger partial charge in [0.15, 0.2) is 5.96 Å². The zero-order valence-electron chi connectivity index (χ0n) is 13.6. The van der Waals surface area contributed by atoms with Gasteiger partial charge in [0.25, 0.3) is 5.91 Å². The largest absolute Gasteiger partial charge is 0.369 e. The summed E-state index contributed by atoms with van der Waals surface area (Å²) in [5.74, 6) is -0.138. The Morgan fingerprint density at radius 3 is 2.68 bits per heavy atom. The summed E-state index contributed by atoms with van der Waals surface area (Å²) < 4.78 is 0. The number of anilines is 1. The van der Waals surface area contributed by atoms with Gasteiger partial charge in [-0.15, -0.1) is 0 Å². The highest BCUT2D eigenvalue weighted by Crippen LogP contribution is 2.27. The average Bonchev–Trinajstić information content (AvgIpc) is 2.60. The van der Waals surface area contributed by atoms with E-state index in [1.54, 1.807) is 49.5 Å². The van der Waals surface area contributed by atoms with Crippen LogP contribution in [0.5, 0.6) is 0 Å². The van der Waals surface area contributed by atoms with Crippen LogP contribution in [-0.4, -0.2) is 29.7 Å². The van der Waals surface area contributed by atoms with Crippen LogP contribution >= 0.6 is 11.6 Å². The molecule has 7 heteroatoms. The molecule has 0 fully saturated rings. The van der Waals surface area contributed by atoms with Gasteiger partial charge in [0.2, 0.25) is 5.91 Å². The number of nitrogens with zero attached hydrogens (tertiary/aromatic N) is 2. The van der Waals surface area contributed by atoms with Crippen molar-refractivity contribution in [3.63, 3.8) is 0 Å². The van der Waals surface area contributed by atoms with Crippen molar-refractivity contribution in [3.8, 4) is 0 Å². The van der Waals surface area contributed by atoms with Gasteiger partial charge < -0.3 is 11.1 Å². The predicted molar refractivity (Wildman–Crippen MR) is 97.6 cm³/mol. The summed E-state index contributed by atoms with van der Waals surface area (Å²) >= 11 is 5.83. The first kappa shape index (κ1) is 17.0. The van der Waals surface area contributed by atoms with Crippen LogP contribution in [-0.2, 0) is 4.79 Å². The Bertz CT molecular complexity index is 848. The molecule has 1 aliphatic heterocycles. The van der Waals surface area contributed by atoms with Gasteiger partial charge in [0, 0.05) is 23.3 Å². The molecule has 0 saturated carbocycles. The van der Waals surface area contributed by atoms with E-state index in [2.05, 4.69) is 10.3 Å². The lowest BCUT2D eigenvalue weighted by Crippen LogP contribution is -2.42. The lowest BCUT2D eigenvalue weighted by atomic mass is 10.0. The fraction of sp³-hybridized carbons (Fsp3) is 0.167. The van der Waals surface area contributed by atoms with Crippen molar-refractivity contribution in [2.75, 3.05) is 12.4 Å². The Morgan fingerprint density at radius 2 is 2.00 bits per heavy atom. The molecule has 0 aliphatic carbocycles. The third kappa shape index (κ3) is 3.80. The lowest BCUT2D eigenvalue weighted by molar-refractivity contribution is -0.127. The van der Waals surface area contributed by atoms with Crippen molar-refractivity contribution in [2.45, 2.75) is 12.5 Å². The maximum absolute atomic E-state index is 12.3. The molecule has 1 atom stereocenters. The molecule has 0 bridgehead atoms. The van der Waals surface area contributed by atoms with Crippen molar-refractivity contribution in [3.05, 3.63) is 64.7 Å². The Morgan fingerprint density at radius 1 is 1.28 bits per heavy atom. The Balaban J connectivity index is 1.79. The molecule has 25 heavy (non-hydrogen) atoms. The molecule has 1 heterocycles. The van der Waals surface area contributed by atoms with Gasteiger partial charge in [-0.1, -0.05) is 23.7 Å². The topological polar surface area (TPSA) is 87.8 Å². The molecular weight excluding hydrogens is 340 g/mol. The molecule has 3 N–H and O–H groups in total. The summed E-state index contributed by atoms with van der Waals surface area (Å²) in [6.07, 6.45) is 0.242. The number of rotatable bonds is 3. The highest BCUT2D eigenvalue weighted by molar-refractivity contribution is 6.30. The van der Waals surface area contributed by atoms with Gasteiger partial charge in [0.05, 0.1) is 12.5 Å². The molecule has 128 valence electrons. The molecule has 1 unspecified atom stereocenters. The standard InChI is InChI=1S/C18H17ClN4O2/c1-23-16(24)10-15(22-18(23)20)12-3-2-4-14(9-12)21-17(25)11-5-7-13(19)8-6-11/h2-9,15H,10H2,1H3,(H2,20,22)(H,21,25). The SMILES string of the molecule is CN1C(=O)CC(c2cccc(NC(=O)c3ccc(Cl)cc3)c2)N=C1N. The van der Waals surface area contributed by atoms with Gasteiger partial charge in [-0.2, -0.15) is 0 Å². The number of carbonyl (C=O) groups excluding carboxylic acids is 2. The molecule has 2 amide bonds. The van der Waals surface area contributed by atoms with Crippen LogP contribution < -0.4 is 11.1 Å². The van der Waals surface area contributed by atoms with E-state index in [0.29, 0.717) is 16.3 Å². The summed E-state index contributed by atoms with van der Waals surface area (Å²) in [5.41, 5.74) is 7.72. The molecule has 2 aromatic rings. The first-order chi connectivity index (χ1) is 11.9. The third-order valence-electron chi connectivity index (χ3n) is 4.01. The minimum atomic E-state index is -0.351. The summed E-state index contributed by atoms with van der Waals surface area (Å²) in [6.45, 7) is 0. The van der Waals surface area contributed by atoms with Gasteiger partial charge in [-0.25, -0.2) is 4.99 Å². The fourth-order valence-corrected chi connectivity index (χ4v) is 2.67. The Hall–Kier alpha value is -2.86. The third-order valence-corrected chi connectivity index (χ3v) is 4.26. The van der Waals surface area contributed by atoms with Gasteiger partial charge in [-0.3, -0.25) is 14.5 Å². The van der Waals surface area contributed by atoms with Crippen LogP contribution in [0.3, 0.4) is 0 Å². The van der Waals surface area contributed by atoms with Crippen molar-refractivity contribution in [1.29, 1.82) is 0 Å². The summed E-state index contributed by atoms with van der Waals surface area (Å²) in [4.78, 5) is 29.9. The van der Waals surface area contributed by atoms with Crippen LogP contribution in [0.1, 0.15) is 28.4 Å². The fourth-order valence-electron chi connectivity index (χ4n) is 2.54. The number of hydrogen-bond acceptors (Lipinski definition) is 4. The normalized spacial score (nSPS) is 17.2. The number of hydrogen-bond donors (Lipinski definition) is 2. The molecular formula is C18H17ClN4O2. The zero-order valence-corrected chi connectivity index (χ0v) is 14.3. The summed E-state index contributed by atoms with van der Waals surface area (Å²) in [5, 5.41) is 3.40. The van der Waals surface area contributed by atoms with Crippen LogP contribution in [0.25, 0.3) is 0 Å².